The third-order valence-electron chi connectivity index (χ3n) is 5.61. The Balaban J connectivity index is 1.32. The van der Waals surface area contributed by atoms with Gasteiger partial charge in [0.15, 0.2) is 5.96 Å². The summed E-state index contributed by atoms with van der Waals surface area (Å²) in [7, 11) is 1.84. The summed E-state index contributed by atoms with van der Waals surface area (Å²) in [6, 6.07) is 19.6. The third kappa shape index (κ3) is 4.16. The van der Waals surface area contributed by atoms with Crippen LogP contribution in [0, 0.1) is 0 Å². The molecule has 2 aromatic carbocycles. The molecule has 0 atom stereocenters. The molecule has 0 radical (unpaired) electrons. The lowest BCUT2D eigenvalue weighted by molar-refractivity contribution is 0.645. The topological polar surface area (TPSA) is 39.7 Å². The van der Waals surface area contributed by atoms with Crippen LogP contribution in [0.25, 0.3) is 0 Å². The van der Waals surface area contributed by atoms with Crippen LogP contribution in [0.3, 0.4) is 0 Å². The van der Waals surface area contributed by atoms with Crippen molar-refractivity contribution in [1.82, 2.24) is 10.6 Å². The van der Waals surface area contributed by atoms with Crippen molar-refractivity contribution in [2.75, 3.05) is 31.6 Å². The van der Waals surface area contributed by atoms with Gasteiger partial charge in [-0.15, -0.1) is 0 Å². The molecule has 2 N–H and O–H groups in total. The summed E-state index contributed by atoms with van der Waals surface area (Å²) in [6.07, 6.45) is 6.92. The fourth-order valence-corrected chi connectivity index (χ4v) is 3.72. The second kappa shape index (κ2) is 7.87. The zero-order valence-electron chi connectivity index (χ0n) is 16.0. The maximum atomic E-state index is 4.40. The maximum absolute atomic E-state index is 4.40. The number of guanidine groups is 1. The second-order valence-corrected chi connectivity index (χ2v) is 7.47. The number of hydrogen-bond donors (Lipinski definition) is 2. The van der Waals surface area contributed by atoms with Crippen LogP contribution in [0.15, 0.2) is 71.7 Å². The molecule has 4 rings (SSSR count). The molecule has 4 nitrogen and oxygen atoms in total. The van der Waals surface area contributed by atoms with Crippen molar-refractivity contribution in [3.63, 3.8) is 0 Å². The highest BCUT2D eigenvalue weighted by atomic mass is 15.2. The minimum absolute atomic E-state index is 0.279. The predicted molar refractivity (Wildman–Crippen MR) is 113 cm³/mol. The molecule has 2 aliphatic rings. The molecule has 1 saturated carbocycles. The van der Waals surface area contributed by atoms with Crippen molar-refractivity contribution >= 4 is 11.6 Å². The number of rotatable bonds is 6. The van der Waals surface area contributed by atoms with Crippen LogP contribution in [0.1, 0.15) is 24.0 Å². The lowest BCUT2D eigenvalue weighted by Crippen LogP contribution is -2.40. The summed E-state index contributed by atoms with van der Waals surface area (Å²) in [4.78, 5) is 6.77. The van der Waals surface area contributed by atoms with Crippen molar-refractivity contribution in [2.45, 2.75) is 24.8 Å². The number of anilines is 1. The molecule has 1 aliphatic heterocycles. The first-order valence-corrected chi connectivity index (χ1v) is 9.78. The fourth-order valence-electron chi connectivity index (χ4n) is 3.72. The van der Waals surface area contributed by atoms with E-state index >= 15 is 0 Å². The first-order chi connectivity index (χ1) is 13.3. The van der Waals surface area contributed by atoms with Gasteiger partial charge in [0, 0.05) is 44.3 Å². The van der Waals surface area contributed by atoms with E-state index in [-0.39, 0.29) is 5.41 Å². The van der Waals surface area contributed by atoms with Gasteiger partial charge < -0.3 is 15.5 Å². The highest BCUT2D eigenvalue weighted by molar-refractivity contribution is 5.79. The molecule has 1 fully saturated rings. The summed E-state index contributed by atoms with van der Waals surface area (Å²) >= 11 is 0. The summed E-state index contributed by atoms with van der Waals surface area (Å²) in [5.74, 6) is 0.866. The van der Waals surface area contributed by atoms with Gasteiger partial charge in [0.25, 0.3) is 0 Å². The molecule has 0 aromatic heterocycles. The van der Waals surface area contributed by atoms with E-state index in [1.165, 1.54) is 29.7 Å². The smallest absolute Gasteiger partial charge is 0.191 e. The molecule has 0 unspecified atom stereocenters. The van der Waals surface area contributed by atoms with Crippen LogP contribution in [0.4, 0.5) is 5.69 Å². The van der Waals surface area contributed by atoms with Gasteiger partial charge in [-0.3, -0.25) is 4.99 Å². The van der Waals surface area contributed by atoms with Crippen LogP contribution >= 0.6 is 0 Å². The second-order valence-electron chi connectivity index (χ2n) is 7.47. The molecule has 27 heavy (non-hydrogen) atoms. The molecule has 4 heteroatoms. The van der Waals surface area contributed by atoms with Gasteiger partial charge in [-0.25, -0.2) is 0 Å². The Bertz CT molecular complexity index is 813. The number of benzene rings is 2. The average Bonchev–Trinajstić information content (AvgIpc) is 3.32. The zero-order valence-corrected chi connectivity index (χ0v) is 16.0. The molecular formula is C23H28N4. The van der Waals surface area contributed by atoms with Crippen molar-refractivity contribution in [3.05, 3.63) is 77.9 Å². The van der Waals surface area contributed by atoms with Crippen LogP contribution in [0.2, 0.25) is 0 Å². The summed E-state index contributed by atoms with van der Waals surface area (Å²) in [5, 5.41) is 6.99. The molecule has 140 valence electrons. The zero-order chi connectivity index (χ0) is 18.5. The third-order valence-corrected chi connectivity index (χ3v) is 5.61. The van der Waals surface area contributed by atoms with Crippen LogP contribution < -0.4 is 15.5 Å². The van der Waals surface area contributed by atoms with E-state index in [2.05, 4.69) is 87.3 Å². The standard InChI is InChI=1S/C23H28N4/c1-24-22(26-18-23(12-13-23)20-9-3-2-4-10-20)25-17-19-8-7-11-21(16-19)27-14-5-6-15-27/h2-11,16H,12-15,17-18H2,1H3,(H2,24,25,26). The maximum Gasteiger partial charge on any atom is 0.191 e. The Hall–Kier alpha value is -2.75. The normalized spacial score (nSPS) is 17.8. The molecule has 0 saturated heterocycles. The van der Waals surface area contributed by atoms with Gasteiger partial charge in [0.2, 0.25) is 0 Å². The van der Waals surface area contributed by atoms with Gasteiger partial charge in [-0.05, 0) is 36.1 Å². The van der Waals surface area contributed by atoms with Gasteiger partial charge >= 0.3 is 0 Å². The minimum Gasteiger partial charge on any atom is -0.364 e. The number of nitrogens with zero attached hydrogens (tertiary/aromatic N) is 2. The predicted octanol–water partition coefficient (Wildman–Crippen LogP) is 3.46. The summed E-state index contributed by atoms with van der Waals surface area (Å²) in [6.45, 7) is 3.70. The highest BCUT2D eigenvalue weighted by Gasteiger charge is 2.43. The Kier molecular flexibility index (Phi) is 5.14. The van der Waals surface area contributed by atoms with E-state index < -0.39 is 0 Å². The van der Waals surface area contributed by atoms with Gasteiger partial charge in [-0.2, -0.15) is 0 Å². The SMILES string of the molecule is CN=C(NCc1cccc(N2CC=CC2)c1)NCC1(c2ccccc2)CC1. The van der Waals surface area contributed by atoms with E-state index in [1.54, 1.807) is 0 Å². The minimum atomic E-state index is 0.279. The fraction of sp³-hybridized carbons (Fsp3) is 0.348. The molecular weight excluding hydrogens is 332 g/mol. The quantitative estimate of drug-likeness (QED) is 0.471. The van der Waals surface area contributed by atoms with Crippen molar-refractivity contribution in [2.24, 2.45) is 4.99 Å². The van der Waals surface area contributed by atoms with Crippen molar-refractivity contribution in [3.8, 4) is 0 Å². The van der Waals surface area contributed by atoms with Crippen molar-refractivity contribution in [1.29, 1.82) is 0 Å². The number of aliphatic imine (C=N–C) groups is 1. The van der Waals surface area contributed by atoms with E-state index in [0.717, 1.165) is 32.1 Å². The van der Waals surface area contributed by atoms with Gasteiger partial charge in [0.05, 0.1) is 0 Å². The number of hydrogen-bond acceptors (Lipinski definition) is 2. The van der Waals surface area contributed by atoms with Crippen LogP contribution in [-0.4, -0.2) is 32.6 Å². The largest absolute Gasteiger partial charge is 0.364 e. The molecule has 1 heterocycles. The van der Waals surface area contributed by atoms with Crippen LogP contribution in [0.5, 0.6) is 0 Å². The van der Waals surface area contributed by atoms with Gasteiger partial charge in [-0.1, -0.05) is 54.6 Å². The van der Waals surface area contributed by atoms with Gasteiger partial charge in [0.1, 0.15) is 0 Å². The van der Waals surface area contributed by atoms with E-state index in [1.807, 2.05) is 7.05 Å². The molecule has 1 aliphatic carbocycles. The lowest BCUT2D eigenvalue weighted by atomic mass is 9.96. The van der Waals surface area contributed by atoms with E-state index in [0.29, 0.717) is 0 Å². The van der Waals surface area contributed by atoms with E-state index in [4.69, 9.17) is 0 Å². The first-order valence-electron chi connectivity index (χ1n) is 9.78. The van der Waals surface area contributed by atoms with E-state index in [9.17, 15) is 0 Å². The van der Waals surface area contributed by atoms with Crippen molar-refractivity contribution < 1.29 is 0 Å². The highest BCUT2D eigenvalue weighted by Crippen LogP contribution is 2.47. The Labute approximate surface area is 162 Å². The monoisotopic (exact) mass is 360 g/mol. The molecule has 0 spiro atoms. The molecule has 2 aromatic rings. The Morgan fingerprint density at radius 1 is 1.00 bits per heavy atom. The molecule has 0 amide bonds. The first kappa shape index (κ1) is 17.7. The Morgan fingerprint density at radius 3 is 2.48 bits per heavy atom. The molecule has 0 bridgehead atoms. The summed E-state index contributed by atoms with van der Waals surface area (Å²) in [5.41, 5.74) is 4.26. The Morgan fingerprint density at radius 2 is 1.78 bits per heavy atom. The lowest BCUT2D eigenvalue weighted by Gasteiger charge is -2.20. The number of nitrogens with one attached hydrogen (secondary N) is 2. The summed E-state index contributed by atoms with van der Waals surface area (Å²) < 4.78 is 0. The van der Waals surface area contributed by atoms with Crippen LogP contribution in [-0.2, 0) is 12.0 Å². The average molecular weight is 361 g/mol.